The van der Waals surface area contributed by atoms with E-state index < -0.39 is 5.95 Å². The lowest BCUT2D eigenvalue weighted by Crippen LogP contribution is -2.23. The summed E-state index contributed by atoms with van der Waals surface area (Å²) in [7, 11) is 0. The van der Waals surface area contributed by atoms with Gasteiger partial charge >= 0.3 is 0 Å². The van der Waals surface area contributed by atoms with Gasteiger partial charge in [0.05, 0.1) is 17.7 Å². The SMILES string of the molecule is CCNCC(C=N)=Nc1ccc(Cc2c[nH]c3ncnc(OCC)c23)c(F)n1. The molecule has 0 fully saturated rings. The number of hydrogen-bond donors (Lipinski definition) is 3. The van der Waals surface area contributed by atoms with Crippen LogP contribution in [0.4, 0.5) is 10.2 Å². The standard InChI is InChI=1S/C19H22FN7O/c1-3-22-10-14(8-21)26-15-6-5-12(17(20)27-15)7-13-9-23-18-16(13)19(28-4-2)25-11-24-18/h5-6,8-9,11,21-22H,3-4,7,10H2,1-2H3,(H,23,24,25). The zero-order valence-corrected chi connectivity index (χ0v) is 15.8. The molecule has 0 atom stereocenters. The Balaban J connectivity index is 1.87. The van der Waals surface area contributed by atoms with Gasteiger partial charge in [0, 0.05) is 30.9 Å². The first-order chi connectivity index (χ1) is 13.7. The molecule has 28 heavy (non-hydrogen) atoms. The van der Waals surface area contributed by atoms with Crippen LogP contribution in [-0.4, -0.2) is 51.6 Å². The average molecular weight is 383 g/mol. The van der Waals surface area contributed by atoms with Crippen molar-refractivity contribution in [2.45, 2.75) is 20.3 Å². The van der Waals surface area contributed by atoms with E-state index in [-0.39, 0.29) is 5.82 Å². The second-order valence-electron chi connectivity index (χ2n) is 5.97. The first-order valence-electron chi connectivity index (χ1n) is 9.04. The van der Waals surface area contributed by atoms with E-state index in [0.29, 0.717) is 42.4 Å². The van der Waals surface area contributed by atoms with Gasteiger partial charge in [-0.25, -0.2) is 19.9 Å². The summed E-state index contributed by atoms with van der Waals surface area (Å²) < 4.78 is 20.1. The van der Waals surface area contributed by atoms with Gasteiger partial charge in [0.25, 0.3) is 0 Å². The second-order valence-corrected chi connectivity index (χ2v) is 5.97. The summed E-state index contributed by atoms with van der Waals surface area (Å²) in [6, 6.07) is 3.29. The molecular formula is C19H22FN7O. The molecule has 0 radical (unpaired) electrons. The summed E-state index contributed by atoms with van der Waals surface area (Å²) >= 11 is 0. The van der Waals surface area contributed by atoms with Gasteiger partial charge in [-0.2, -0.15) is 4.39 Å². The topological polar surface area (TPSA) is 112 Å². The summed E-state index contributed by atoms with van der Waals surface area (Å²) in [4.78, 5) is 19.6. The normalized spacial score (nSPS) is 11.8. The fraction of sp³-hybridized carbons (Fsp3) is 0.316. The molecule has 0 saturated heterocycles. The third-order valence-electron chi connectivity index (χ3n) is 4.07. The van der Waals surface area contributed by atoms with Crippen molar-refractivity contribution in [3.63, 3.8) is 0 Å². The highest BCUT2D eigenvalue weighted by molar-refractivity contribution is 6.31. The van der Waals surface area contributed by atoms with Gasteiger partial charge < -0.3 is 20.4 Å². The Bertz CT molecular complexity index is 999. The average Bonchev–Trinajstić information content (AvgIpc) is 3.11. The number of aromatic amines is 1. The van der Waals surface area contributed by atoms with E-state index in [1.54, 1.807) is 18.3 Å². The number of ether oxygens (including phenoxy) is 1. The van der Waals surface area contributed by atoms with Crippen LogP contribution in [0.5, 0.6) is 5.88 Å². The van der Waals surface area contributed by atoms with E-state index in [2.05, 4.69) is 30.2 Å². The highest BCUT2D eigenvalue weighted by atomic mass is 19.1. The van der Waals surface area contributed by atoms with Crippen molar-refractivity contribution in [1.82, 2.24) is 25.3 Å². The van der Waals surface area contributed by atoms with Gasteiger partial charge in [-0.3, -0.25) is 0 Å². The van der Waals surface area contributed by atoms with Crippen molar-refractivity contribution in [2.75, 3.05) is 19.7 Å². The van der Waals surface area contributed by atoms with Crippen LogP contribution in [0.3, 0.4) is 0 Å². The minimum absolute atomic E-state index is 0.231. The van der Waals surface area contributed by atoms with Crippen molar-refractivity contribution in [1.29, 1.82) is 5.41 Å². The molecule has 0 aliphatic rings. The monoisotopic (exact) mass is 383 g/mol. The number of aliphatic imine (C=N–C) groups is 1. The highest BCUT2D eigenvalue weighted by Gasteiger charge is 2.15. The third-order valence-corrected chi connectivity index (χ3v) is 4.07. The minimum atomic E-state index is -0.599. The van der Waals surface area contributed by atoms with Gasteiger partial charge in [0.1, 0.15) is 12.0 Å². The molecule has 3 N–H and O–H groups in total. The lowest BCUT2D eigenvalue weighted by Gasteiger charge is -2.06. The van der Waals surface area contributed by atoms with Gasteiger partial charge in [0.2, 0.25) is 11.8 Å². The Morgan fingerprint density at radius 1 is 1.32 bits per heavy atom. The van der Waals surface area contributed by atoms with Crippen molar-refractivity contribution >= 4 is 28.8 Å². The number of hydrogen-bond acceptors (Lipinski definition) is 7. The minimum Gasteiger partial charge on any atom is -0.477 e. The first-order valence-corrected chi connectivity index (χ1v) is 9.04. The van der Waals surface area contributed by atoms with Crippen molar-refractivity contribution in [3.05, 3.63) is 41.7 Å². The summed E-state index contributed by atoms with van der Waals surface area (Å²) in [5, 5.41) is 11.2. The number of aromatic nitrogens is 4. The maximum atomic E-state index is 14.6. The van der Waals surface area contributed by atoms with E-state index in [4.69, 9.17) is 10.1 Å². The molecule has 0 aromatic carbocycles. The molecule has 0 unspecified atom stereocenters. The Morgan fingerprint density at radius 3 is 2.89 bits per heavy atom. The third kappa shape index (κ3) is 4.37. The molecule has 0 saturated carbocycles. The molecule has 146 valence electrons. The molecular weight excluding hydrogens is 361 g/mol. The van der Waals surface area contributed by atoms with Crippen LogP contribution in [0.15, 0.2) is 29.6 Å². The lowest BCUT2D eigenvalue weighted by molar-refractivity contribution is 0.330. The van der Waals surface area contributed by atoms with Crippen molar-refractivity contribution in [2.24, 2.45) is 4.99 Å². The van der Waals surface area contributed by atoms with Gasteiger partial charge in [-0.05, 0) is 25.1 Å². The van der Waals surface area contributed by atoms with Crippen LogP contribution in [0, 0.1) is 11.4 Å². The first kappa shape index (κ1) is 19.6. The Labute approximate surface area is 161 Å². The predicted molar refractivity (Wildman–Crippen MR) is 106 cm³/mol. The van der Waals surface area contributed by atoms with Crippen LogP contribution in [0.25, 0.3) is 11.0 Å². The largest absolute Gasteiger partial charge is 0.477 e. The number of H-pyrrole nitrogens is 1. The van der Waals surface area contributed by atoms with Crippen LogP contribution >= 0.6 is 0 Å². The number of halogens is 1. The molecule has 3 aromatic rings. The molecule has 8 nitrogen and oxygen atoms in total. The second kappa shape index (κ2) is 9.14. The van der Waals surface area contributed by atoms with Crippen LogP contribution in [0.2, 0.25) is 0 Å². The van der Waals surface area contributed by atoms with Crippen LogP contribution in [0.1, 0.15) is 25.0 Å². The Hall–Kier alpha value is -3.20. The number of pyridine rings is 1. The zero-order chi connectivity index (χ0) is 19.9. The smallest absolute Gasteiger partial charge is 0.226 e. The number of fused-ring (bicyclic) bond motifs is 1. The van der Waals surface area contributed by atoms with Crippen molar-refractivity contribution in [3.8, 4) is 5.88 Å². The lowest BCUT2D eigenvalue weighted by atomic mass is 10.1. The van der Waals surface area contributed by atoms with E-state index >= 15 is 0 Å². The zero-order valence-electron chi connectivity index (χ0n) is 15.8. The van der Waals surface area contributed by atoms with E-state index in [9.17, 15) is 4.39 Å². The summed E-state index contributed by atoms with van der Waals surface area (Å²) in [6.45, 7) is 5.50. The fourth-order valence-electron chi connectivity index (χ4n) is 2.76. The number of nitrogens with one attached hydrogen (secondary N) is 3. The molecule has 3 rings (SSSR count). The Kier molecular flexibility index (Phi) is 6.38. The Morgan fingerprint density at radius 2 is 2.18 bits per heavy atom. The summed E-state index contributed by atoms with van der Waals surface area (Å²) in [6.07, 6.45) is 4.65. The maximum Gasteiger partial charge on any atom is 0.226 e. The maximum absolute atomic E-state index is 14.6. The summed E-state index contributed by atoms with van der Waals surface area (Å²) in [5.74, 6) is 0.102. The molecule has 3 aromatic heterocycles. The van der Waals surface area contributed by atoms with Gasteiger partial charge in [0.15, 0.2) is 5.82 Å². The quantitative estimate of drug-likeness (QED) is 0.389. The van der Waals surface area contributed by atoms with Crippen LogP contribution < -0.4 is 10.1 Å². The highest BCUT2D eigenvalue weighted by Crippen LogP contribution is 2.27. The molecule has 0 amide bonds. The van der Waals surface area contributed by atoms with E-state index in [0.717, 1.165) is 23.7 Å². The predicted octanol–water partition coefficient (Wildman–Crippen LogP) is 2.81. The number of nitrogens with zero attached hydrogens (tertiary/aromatic N) is 4. The number of rotatable bonds is 9. The van der Waals surface area contributed by atoms with E-state index in [1.165, 1.54) is 6.33 Å². The molecule has 0 spiro atoms. The van der Waals surface area contributed by atoms with Crippen molar-refractivity contribution < 1.29 is 9.13 Å². The molecule has 0 bridgehead atoms. The molecule has 3 heterocycles. The summed E-state index contributed by atoms with van der Waals surface area (Å²) in [5.41, 5.74) is 2.37. The molecule has 0 aliphatic carbocycles. The van der Waals surface area contributed by atoms with Gasteiger partial charge in [-0.1, -0.05) is 13.0 Å². The van der Waals surface area contributed by atoms with Gasteiger partial charge in [-0.15, -0.1) is 0 Å². The van der Waals surface area contributed by atoms with Crippen LogP contribution in [-0.2, 0) is 6.42 Å². The molecule has 0 aliphatic heterocycles. The fourth-order valence-corrected chi connectivity index (χ4v) is 2.76. The molecule has 9 heteroatoms. The van der Waals surface area contributed by atoms with E-state index in [1.807, 2.05) is 13.8 Å².